The molecule has 5 heteroatoms. The lowest BCUT2D eigenvalue weighted by molar-refractivity contribution is -0.142. The van der Waals surface area contributed by atoms with Gasteiger partial charge < -0.3 is 4.74 Å². The van der Waals surface area contributed by atoms with E-state index in [0.717, 1.165) is 20.1 Å². The van der Waals surface area contributed by atoms with Crippen molar-refractivity contribution in [2.24, 2.45) is 0 Å². The van der Waals surface area contributed by atoms with Crippen molar-refractivity contribution in [1.82, 2.24) is 4.98 Å². The Bertz CT molecular complexity index is 737. The number of ether oxygens (including phenoxy) is 1. The van der Waals surface area contributed by atoms with Crippen LogP contribution in [0.1, 0.15) is 17.7 Å². The molecule has 1 atom stereocenters. The highest BCUT2D eigenvalue weighted by molar-refractivity contribution is 8.02. The zero-order valence-corrected chi connectivity index (χ0v) is 13.7. The molecule has 0 fully saturated rings. The Kier molecular flexibility index (Phi) is 4.75. The number of hydrogen-bond acceptors (Lipinski definition) is 5. The van der Waals surface area contributed by atoms with E-state index in [-0.39, 0.29) is 11.2 Å². The number of rotatable bonds is 5. The number of fused-ring (bicyclic) bond motifs is 1. The van der Waals surface area contributed by atoms with Crippen molar-refractivity contribution in [2.45, 2.75) is 16.5 Å². The second-order valence-electron chi connectivity index (χ2n) is 4.61. The van der Waals surface area contributed by atoms with Gasteiger partial charge in [-0.15, -0.1) is 11.3 Å². The summed E-state index contributed by atoms with van der Waals surface area (Å²) in [7, 11) is 0. The average molecular weight is 329 g/mol. The summed E-state index contributed by atoms with van der Waals surface area (Å²) in [6, 6.07) is 17.7. The van der Waals surface area contributed by atoms with Gasteiger partial charge in [-0.25, -0.2) is 4.98 Å². The molecule has 0 spiro atoms. The van der Waals surface area contributed by atoms with Crippen LogP contribution < -0.4 is 0 Å². The number of carbonyl (C=O) groups excluding carboxylic acids is 1. The molecule has 0 amide bonds. The van der Waals surface area contributed by atoms with Gasteiger partial charge in [0.2, 0.25) is 0 Å². The van der Waals surface area contributed by atoms with Crippen LogP contribution in [0.2, 0.25) is 0 Å². The molecule has 0 aliphatic heterocycles. The molecule has 112 valence electrons. The molecule has 0 radical (unpaired) electrons. The number of carbonyl (C=O) groups is 1. The molecule has 1 aromatic heterocycles. The standard InChI is InChI=1S/C17H15NO2S2/c1-2-20-16(19)15(12-8-4-3-5-9-12)22-17-18-13-10-6-7-11-14(13)21-17/h3-11,15H,2H2,1H3. The Hall–Kier alpha value is -1.85. The lowest BCUT2D eigenvalue weighted by Gasteiger charge is -2.13. The number of thioether (sulfide) groups is 1. The van der Waals surface area contributed by atoms with Crippen LogP contribution in [0, 0.1) is 0 Å². The molecule has 3 aromatic rings. The molecule has 0 saturated heterocycles. The Morgan fingerprint density at radius 3 is 2.64 bits per heavy atom. The van der Waals surface area contributed by atoms with E-state index in [1.54, 1.807) is 11.3 Å². The van der Waals surface area contributed by atoms with Crippen LogP contribution in [0.25, 0.3) is 10.2 Å². The number of para-hydroxylation sites is 1. The van der Waals surface area contributed by atoms with E-state index in [4.69, 9.17) is 4.74 Å². The Morgan fingerprint density at radius 2 is 1.91 bits per heavy atom. The largest absolute Gasteiger partial charge is 0.465 e. The third kappa shape index (κ3) is 3.31. The van der Waals surface area contributed by atoms with Gasteiger partial charge >= 0.3 is 5.97 Å². The van der Waals surface area contributed by atoms with E-state index in [1.165, 1.54) is 11.8 Å². The summed E-state index contributed by atoms with van der Waals surface area (Å²) in [5.41, 5.74) is 1.90. The zero-order chi connectivity index (χ0) is 15.4. The van der Waals surface area contributed by atoms with Gasteiger partial charge in [-0.3, -0.25) is 4.79 Å². The lowest BCUT2D eigenvalue weighted by Crippen LogP contribution is -2.13. The number of esters is 1. The van der Waals surface area contributed by atoms with Gasteiger partial charge in [0.1, 0.15) is 5.25 Å². The van der Waals surface area contributed by atoms with Crippen LogP contribution in [0.5, 0.6) is 0 Å². The van der Waals surface area contributed by atoms with E-state index in [0.29, 0.717) is 6.61 Å². The third-order valence-corrected chi connectivity index (χ3v) is 5.46. The predicted molar refractivity (Wildman–Crippen MR) is 91.3 cm³/mol. The van der Waals surface area contributed by atoms with Crippen LogP contribution in [0.3, 0.4) is 0 Å². The molecule has 0 bridgehead atoms. The van der Waals surface area contributed by atoms with Crippen LogP contribution in [0.4, 0.5) is 0 Å². The summed E-state index contributed by atoms with van der Waals surface area (Å²) in [6.45, 7) is 2.20. The maximum absolute atomic E-state index is 12.3. The van der Waals surface area contributed by atoms with E-state index >= 15 is 0 Å². The van der Waals surface area contributed by atoms with E-state index in [1.807, 2.05) is 61.5 Å². The number of thiazole rings is 1. The maximum atomic E-state index is 12.3. The maximum Gasteiger partial charge on any atom is 0.324 e. The van der Waals surface area contributed by atoms with Crippen molar-refractivity contribution in [3.63, 3.8) is 0 Å². The lowest BCUT2D eigenvalue weighted by atomic mass is 10.1. The molecule has 2 aromatic carbocycles. The second-order valence-corrected chi connectivity index (χ2v) is 6.99. The first-order chi connectivity index (χ1) is 10.8. The normalized spacial score (nSPS) is 12.2. The zero-order valence-electron chi connectivity index (χ0n) is 12.1. The van der Waals surface area contributed by atoms with Gasteiger partial charge in [0.15, 0.2) is 4.34 Å². The first-order valence-corrected chi connectivity index (χ1v) is 8.71. The Morgan fingerprint density at radius 1 is 1.18 bits per heavy atom. The van der Waals surface area contributed by atoms with Gasteiger partial charge in [-0.1, -0.05) is 54.2 Å². The fourth-order valence-electron chi connectivity index (χ4n) is 2.10. The monoisotopic (exact) mass is 329 g/mol. The SMILES string of the molecule is CCOC(=O)C(Sc1nc2ccccc2s1)c1ccccc1. The quantitative estimate of drug-likeness (QED) is 0.503. The number of hydrogen-bond donors (Lipinski definition) is 0. The van der Waals surface area contributed by atoms with E-state index in [9.17, 15) is 4.79 Å². The second kappa shape index (κ2) is 6.94. The third-order valence-electron chi connectivity index (χ3n) is 3.10. The molecule has 3 rings (SSSR count). The van der Waals surface area contributed by atoms with Gasteiger partial charge in [-0.2, -0.15) is 0 Å². The molecule has 0 N–H and O–H groups in total. The van der Waals surface area contributed by atoms with Crippen molar-refractivity contribution in [3.8, 4) is 0 Å². The van der Waals surface area contributed by atoms with Crippen molar-refractivity contribution in [3.05, 3.63) is 60.2 Å². The highest BCUT2D eigenvalue weighted by Crippen LogP contribution is 2.39. The first-order valence-electron chi connectivity index (χ1n) is 7.01. The van der Waals surface area contributed by atoms with Crippen LogP contribution in [0.15, 0.2) is 58.9 Å². The minimum absolute atomic E-state index is 0.224. The van der Waals surface area contributed by atoms with Crippen LogP contribution in [-0.2, 0) is 9.53 Å². The smallest absolute Gasteiger partial charge is 0.324 e. The highest BCUT2D eigenvalue weighted by Gasteiger charge is 2.24. The molecule has 22 heavy (non-hydrogen) atoms. The molecular formula is C17H15NO2S2. The fourth-order valence-corrected chi connectivity index (χ4v) is 4.36. The summed E-state index contributed by atoms with van der Waals surface area (Å²) < 4.78 is 7.23. The van der Waals surface area contributed by atoms with Gasteiger partial charge in [0.25, 0.3) is 0 Å². The molecule has 0 aliphatic carbocycles. The Labute approximate surface area is 137 Å². The molecule has 1 unspecified atom stereocenters. The minimum atomic E-state index is -0.387. The summed E-state index contributed by atoms with van der Waals surface area (Å²) in [4.78, 5) is 16.9. The molecular weight excluding hydrogens is 314 g/mol. The number of benzene rings is 2. The molecule has 0 aliphatic rings. The molecule has 1 heterocycles. The summed E-state index contributed by atoms with van der Waals surface area (Å²) in [5, 5.41) is -0.387. The van der Waals surface area contributed by atoms with Crippen molar-refractivity contribution < 1.29 is 9.53 Å². The van der Waals surface area contributed by atoms with Gasteiger partial charge in [-0.05, 0) is 24.6 Å². The summed E-state index contributed by atoms with van der Waals surface area (Å²) in [5.74, 6) is -0.224. The van der Waals surface area contributed by atoms with Gasteiger partial charge in [0, 0.05) is 0 Å². The van der Waals surface area contributed by atoms with E-state index < -0.39 is 0 Å². The summed E-state index contributed by atoms with van der Waals surface area (Å²) >= 11 is 3.05. The molecule has 3 nitrogen and oxygen atoms in total. The Balaban J connectivity index is 1.90. The first kappa shape index (κ1) is 15.1. The minimum Gasteiger partial charge on any atom is -0.465 e. The molecule has 0 saturated carbocycles. The summed E-state index contributed by atoms with van der Waals surface area (Å²) in [6.07, 6.45) is 0. The highest BCUT2D eigenvalue weighted by atomic mass is 32.2. The predicted octanol–water partition coefficient (Wildman–Crippen LogP) is 4.69. The van der Waals surface area contributed by atoms with Crippen molar-refractivity contribution in [1.29, 1.82) is 0 Å². The fraction of sp³-hybridized carbons (Fsp3) is 0.176. The van der Waals surface area contributed by atoms with E-state index in [2.05, 4.69) is 4.98 Å². The van der Waals surface area contributed by atoms with Crippen molar-refractivity contribution in [2.75, 3.05) is 6.61 Å². The van der Waals surface area contributed by atoms with Crippen molar-refractivity contribution >= 4 is 39.3 Å². The van der Waals surface area contributed by atoms with Crippen LogP contribution >= 0.6 is 23.1 Å². The topological polar surface area (TPSA) is 39.2 Å². The number of nitrogens with zero attached hydrogens (tertiary/aromatic N) is 1. The van der Waals surface area contributed by atoms with Gasteiger partial charge in [0.05, 0.1) is 16.8 Å². The van der Waals surface area contributed by atoms with Crippen LogP contribution in [-0.4, -0.2) is 17.6 Å². The number of aromatic nitrogens is 1. The average Bonchev–Trinajstić information content (AvgIpc) is 2.96.